The van der Waals surface area contributed by atoms with Crippen molar-refractivity contribution in [2.24, 2.45) is 11.8 Å². The highest BCUT2D eigenvalue weighted by Gasteiger charge is 2.34. The highest BCUT2D eigenvalue weighted by Crippen LogP contribution is 2.33. The zero-order valence-electron chi connectivity index (χ0n) is 28.5. The average Bonchev–Trinajstić information content (AvgIpc) is 3.05. The first kappa shape index (κ1) is 38.2. The van der Waals surface area contributed by atoms with Crippen molar-refractivity contribution in [2.45, 2.75) is 91.7 Å². The minimum absolute atomic E-state index is 0.000636. The van der Waals surface area contributed by atoms with E-state index in [-0.39, 0.29) is 43.4 Å². The normalized spacial score (nSPS) is 16.3. The number of rotatable bonds is 11. The zero-order valence-corrected chi connectivity index (χ0v) is 28.5. The van der Waals surface area contributed by atoms with Gasteiger partial charge in [0, 0.05) is 50.8 Å². The summed E-state index contributed by atoms with van der Waals surface area (Å²) in [5, 5.41) is 2.43. The number of nitrogens with one attached hydrogen (secondary N) is 1. The Morgan fingerprint density at radius 1 is 0.978 bits per heavy atom. The Balaban J connectivity index is 0.00000361. The number of amides is 5. The standard InChI is InChI=1S/C32H46N4O8.C2H6/c1-22-25(30(41)36(21-38)26(9-7-19-37)29(40)33-5)8-6-10-27(22)43-20-28(39)34-15-11-23(12-16-34)24-13-17-35(18-14-24)31(42)44-32(2,3)4;1-2/h6,8,10,19,21,23-24,26H,7,9,11-18,20H2,1-5H3,(H,33,40);1-2H3. The quantitative estimate of drug-likeness (QED) is 0.357. The van der Waals surface area contributed by atoms with Gasteiger partial charge in [-0.3, -0.25) is 24.1 Å². The van der Waals surface area contributed by atoms with Gasteiger partial charge in [0.15, 0.2) is 6.61 Å². The molecule has 0 radical (unpaired) electrons. The van der Waals surface area contributed by atoms with Crippen LogP contribution in [0, 0.1) is 18.8 Å². The molecule has 0 aliphatic carbocycles. The van der Waals surface area contributed by atoms with Gasteiger partial charge in [0.1, 0.15) is 23.7 Å². The minimum atomic E-state index is -1.14. The summed E-state index contributed by atoms with van der Waals surface area (Å²) in [6, 6.07) is 3.61. The molecule has 2 aliphatic rings. The van der Waals surface area contributed by atoms with Crippen molar-refractivity contribution in [3.05, 3.63) is 29.3 Å². The van der Waals surface area contributed by atoms with E-state index in [1.54, 1.807) is 28.9 Å². The number of imide groups is 1. The fourth-order valence-electron chi connectivity index (χ4n) is 5.92. The fourth-order valence-corrected chi connectivity index (χ4v) is 5.92. The first-order valence-electron chi connectivity index (χ1n) is 16.3. The molecule has 256 valence electrons. The van der Waals surface area contributed by atoms with Crippen molar-refractivity contribution in [3.8, 4) is 5.75 Å². The Labute approximate surface area is 273 Å². The molecule has 3 rings (SSSR count). The molecular weight excluding hydrogens is 592 g/mol. The highest BCUT2D eigenvalue weighted by atomic mass is 16.6. The van der Waals surface area contributed by atoms with Crippen molar-refractivity contribution >= 4 is 36.5 Å². The van der Waals surface area contributed by atoms with E-state index < -0.39 is 23.5 Å². The molecule has 5 amide bonds. The summed E-state index contributed by atoms with van der Waals surface area (Å²) in [7, 11) is 1.39. The van der Waals surface area contributed by atoms with Gasteiger partial charge >= 0.3 is 6.09 Å². The lowest BCUT2D eigenvalue weighted by Crippen LogP contribution is -2.48. The van der Waals surface area contributed by atoms with E-state index in [1.165, 1.54) is 13.1 Å². The van der Waals surface area contributed by atoms with Crippen LogP contribution < -0.4 is 10.1 Å². The number of hydrogen-bond donors (Lipinski definition) is 1. The summed E-state index contributed by atoms with van der Waals surface area (Å²) in [4.78, 5) is 78.2. The summed E-state index contributed by atoms with van der Waals surface area (Å²) in [6.07, 6.45) is 4.30. The lowest BCUT2D eigenvalue weighted by molar-refractivity contribution is -0.135. The van der Waals surface area contributed by atoms with Crippen LogP contribution in [0.2, 0.25) is 0 Å². The molecule has 2 saturated heterocycles. The van der Waals surface area contributed by atoms with Gasteiger partial charge in [-0.05, 0) is 83.8 Å². The topological polar surface area (TPSA) is 143 Å². The molecule has 1 unspecified atom stereocenters. The number of aldehydes is 1. The Morgan fingerprint density at radius 2 is 1.54 bits per heavy atom. The van der Waals surface area contributed by atoms with Gasteiger partial charge < -0.3 is 29.4 Å². The van der Waals surface area contributed by atoms with E-state index in [2.05, 4.69) is 5.32 Å². The summed E-state index contributed by atoms with van der Waals surface area (Å²) in [6.45, 7) is 13.7. The van der Waals surface area contributed by atoms with Crippen molar-refractivity contribution in [3.63, 3.8) is 0 Å². The lowest BCUT2D eigenvalue weighted by Gasteiger charge is -2.40. The first-order valence-corrected chi connectivity index (χ1v) is 16.3. The second-order valence-corrected chi connectivity index (χ2v) is 12.4. The second kappa shape index (κ2) is 18.3. The highest BCUT2D eigenvalue weighted by molar-refractivity contribution is 6.04. The van der Waals surface area contributed by atoms with Crippen molar-refractivity contribution in [1.29, 1.82) is 0 Å². The molecule has 0 saturated carbocycles. The first-order chi connectivity index (χ1) is 21.9. The zero-order chi connectivity index (χ0) is 34.4. The van der Waals surface area contributed by atoms with E-state index in [9.17, 15) is 28.8 Å². The lowest BCUT2D eigenvalue weighted by atomic mass is 9.79. The Kier molecular flexibility index (Phi) is 15.2. The molecular formula is C34H52N4O8. The van der Waals surface area contributed by atoms with Crippen molar-refractivity contribution < 1.29 is 38.2 Å². The smallest absolute Gasteiger partial charge is 0.410 e. The van der Waals surface area contributed by atoms with E-state index in [1.807, 2.05) is 34.6 Å². The Hall–Kier alpha value is -3.96. The molecule has 2 fully saturated rings. The molecule has 0 aromatic heterocycles. The monoisotopic (exact) mass is 644 g/mol. The third-order valence-electron chi connectivity index (χ3n) is 8.41. The van der Waals surface area contributed by atoms with Crippen LogP contribution in [0.15, 0.2) is 18.2 Å². The van der Waals surface area contributed by atoms with Crippen molar-refractivity contribution in [2.75, 3.05) is 39.8 Å². The number of piperidine rings is 2. The Bertz CT molecular complexity index is 1200. The molecule has 1 atom stereocenters. The van der Waals surface area contributed by atoms with Crippen LogP contribution in [0.4, 0.5) is 4.79 Å². The second-order valence-electron chi connectivity index (χ2n) is 12.4. The summed E-state index contributed by atoms with van der Waals surface area (Å²) in [5.74, 6) is -0.0756. The largest absolute Gasteiger partial charge is 0.483 e. The molecule has 12 nitrogen and oxygen atoms in total. The maximum absolute atomic E-state index is 13.3. The number of carbonyl (C=O) groups excluding carboxylic acids is 6. The molecule has 1 aromatic rings. The van der Waals surface area contributed by atoms with Gasteiger partial charge in [0.05, 0.1) is 0 Å². The van der Waals surface area contributed by atoms with Crippen LogP contribution in [-0.2, 0) is 23.9 Å². The number of ether oxygens (including phenoxy) is 2. The van der Waals surface area contributed by atoms with Gasteiger partial charge in [-0.15, -0.1) is 0 Å². The van der Waals surface area contributed by atoms with E-state index in [0.29, 0.717) is 55.6 Å². The number of likely N-dealkylation sites (N-methyl/N-ethyl adjacent to an activating group) is 1. The molecule has 2 heterocycles. The summed E-state index contributed by atoms with van der Waals surface area (Å²) in [5.41, 5.74) is 0.0728. The molecule has 46 heavy (non-hydrogen) atoms. The number of likely N-dealkylation sites (tertiary alicyclic amines) is 2. The van der Waals surface area contributed by atoms with E-state index >= 15 is 0 Å². The predicted molar refractivity (Wildman–Crippen MR) is 173 cm³/mol. The van der Waals surface area contributed by atoms with Gasteiger partial charge in [0.2, 0.25) is 12.3 Å². The predicted octanol–water partition coefficient (Wildman–Crippen LogP) is 3.98. The van der Waals surface area contributed by atoms with Gasteiger partial charge in [0.25, 0.3) is 11.8 Å². The molecule has 0 bridgehead atoms. The van der Waals surface area contributed by atoms with Crippen LogP contribution in [0.1, 0.15) is 89.1 Å². The van der Waals surface area contributed by atoms with Crippen LogP contribution >= 0.6 is 0 Å². The minimum Gasteiger partial charge on any atom is -0.483 e. The van der Waals surface area contributed by atoms with E-state index in [4.69, 9.17) is 9.47 Å². The summed E-state index contributed by atoms with van der Waals surface area (Å²) >= 11 is 0. The molecule has 12 heteroatoms. The maximum Gasteiger partial charge on any atom is 0.410 e. The fraction of sp³-hybridized carbons (Fsp3) is 0.647. The van der Waals surface area contributed by atoms with Crippen LogP contribution in [0.3, 0.4) is 0 Å². The summed E-state index contributed by atoms with van der Waals surface area (Å²) < 4.78 is 11.3. The maximum atomic E-state index is 13.3. The molecule has 2 aliphatic heterocycles. The van der Waals surface area contributed by atoms with Gasteiger partial charge in [-0.2, -0.15) is 0 Å². The molecule has 1 aromatic carbocycles. The van der Waals surface area contributed by atoms with Crippen LogP contribution in [0.25, 0.3) is 0 Å². The number of hydrogen-bond acceptors (Lipinski definition) is 8. The number of carbonyl (C=O) groups is 6. The molecule has 1 N–H and O–H groups in total. The average molecular weight is 645 g/mol. The SMILES string of the molecule is CC.CNC(=O)C(CCC=O)N(C=O)C(=O)c1cccc(OCC(=O)N2CCC(C3CCN(C(=O)OC(C)(C)C)CC3)CC2)c1C. The van der Waals surface area contributed by atoms with Crippen LogP contribution in [0.5, 0.6) is 5.75 Å². The van der Waals surface area contributed by atoms with Crippen molar-refractivity contribution in [1.82, 2.24) is 20.0 Å². The third kappa shape index (κ3) is 10.6. The van der Waals surface area contributed by atoms with Crippen LogP contribution in [-0.4, -0.2) is 103 Å². The van der Waals surface area contributed by atoms with E-state index in [0.717, 1.165) is 30.6 Å². The Morgan fingerprint density at radius 3 is 2.04 bits per heavy atom. The van der Waals surface area contributed by atoms with Gasteiger partial charge in [-0.25, -0.2) is 4.79 Å². The molecule has 0 spiro atoms. The van der Waals surface area contributed by atoms with Gasteiger partial charge in [-0.1, -0.05) is 19.9 Å². The number of nitrogens with zero attached hydrogens (tertiary/aromatic N) is 3. The third-order valence-corrected chi connectivity index (χ3v) is 8.41. The number of benzene rings is 1.